The second-order valence-corrected chi connectivity index (χ2v) is 11.6. The van der Waals surface area contributed by atoms with Crippen molar-refractivity contribution in [3.05, 3.63) is 29.3 Å². The third-order valence-corrected chi connectivity index (χ3v) is 8.74. The van der Waals surface area contributed by atoms with E-state index in [0.717, 1.165) is 17.0 Å². The van der Waals surface area contributed by atoms with E-state index in [-0.39, 0.29) is 16.6 Å². The van der Waals surface area contributed by atoms with Crippen LogP contribution in [0.4, 0.5) is 18.9 Å². The Balaban J connectivity index is 1.69. The van der Waals surface area contributed by atoms with Gasteiger partial charge in [0, 0.05) is 32.7 Å². The monoisotopic (exact) mass is 531 g/mol. The molecule has 0 unspecified atom stereocenters. The summed E-state index contributed by atoms with van der Waals surface area (Å²) in [5.41, 5.74) is -2.73. The molecule has 192 valence electrons. The second-order valence-electron chi connectivity index (χ2n) is 8.97. The molecule has 35 heavy (non-hydrogen) atoms. The number of nitriles is 1. The number of nitrogens with zero attached hydrogens (tertiary/aromatic N) is 5. The average Bonchev–Trinajstić information content (AvgIpc) is 2.97. The Hall–Kier alpha value is -2.27. The molecule has 0 aromatic heterocycles. The summed E-state index contributed by atoms with van der Waals surface area (Å²) in [6.07, 6.45) is -4.12. The first-order valence-corrected chi connectivity index (χ1v) is 13.2. The molecule has 0 atom stereocenters. The Morgan fingerprint density at radius 2 is 1.77 bits per heavy atom. The minimum atomic E-state index is -4.75. The number of anilines is 1. The van der Waals surface area contributed by atoms with Gasteiger partial charge in [0.15, 0.2) is 5.11 Å². The highest BCUT2D eigenvalue weighted by molar-refractivity contribution is 7.89. The van der Waals surface area contributed by atoms with Crippen molar-refractivity contribution in [2.24, 2.45) is 0 Å². The Morgan fingerprint density at radius 1 is 1.14 bits per heavy atom. The zero-order valence-corrected chi connectivity index (χ0v) is 21.4. The number of carbonyl (C=O) groups excluding carboxylic acids is 1. The van der Waals surface area contributed by atoms with Gasteiger partial charge < -0.3 is 9.80 Å². The lowest BCUT2D eigenvalue weighted by atomic mass is 10.0. The van der Waals surface area contributed by atoms with Crippen LogP contribution in [0, 0.1) is 11.3 Å². The molecular formula is C22H28F3N5O3S2. The van der Waals surface area contributed by atoms with E-state index >= 15 is 0 Å². The summed E-state index contributed by atoms with van der Waals surface area (Å²) in [5.74, 6) is -0.373. The number of piperazine rings is 1. The number of hydrogen-bond acceptors (Lipinski definition) is 6. The SMILES string of the molecule is CCS(=O)(=O)N1CCN(CCCN2C(=S)N(c3ccc(C#N)c(C(F)(F)F)c3)C(=O)C2(C)C)CC1. The van der Waals surface area contributed by atoms with E-state index < -0.39 is 38.8 Å². The zero-order chi connectivity index (χ0) is 26.2. The minimum Gasteiger partial charge on any atom is -0.334 e. The first kappa shape index (κ1) is 27.3. The lowest BCUT2D eigenvalue weighted by molar-refractivity contribution is -0.137. The van der Waals surface area contributed by atoms with E-state index in [0.29, 0.717) is 45.7 Å². The molecule has 0 saturated carbocycles. The van der Waals surface area contributed by atoms with E-state index in [1.165, 1.54) is 16.4 Å². The maximum absolute atomic E-state index is 13.4. The number of sulfonamides is 1. The van der Waals surface area contributed by atoms with Crippen molar-refractivity contribution in [1.82, 2.24) is 14.1 Å². The first-order chi connectivity index (χ1) is 16.2. The molecule has 0 bridgehead atoms. The molecule has 0 aliphatic carbocycles. The van der Waals surface area contributed by atoms with Crippen LogP contribution in [0.5, 0.6) is 0 Å². The zero-order valence-electron chi connectivity index (χ0n) is 19.8. The lowest BCUT2D eigenvalue weighted by Crippen LogP contribution is -2.50. The second kappa shape index (κ2) is 10.0. The molecule has 0 radical (unpaired) electrons. The molecular weight excluding hydrogens is 503 g/mol. The van der Waals surface area contributed by atoms with E-state index in [1.807, 2.05) is 0 Å². The fourth-order valence-electron chi connectivity index (χ4n) is 4.31. The van der Waals surface area contributed by atoms with E-state index in [2.05, 4.69) is 4.90 Å². The molecule has 1 aromatic rings. The molecule has 2 aliphatic heterocycles. The molecule has 8 nitrogen and oxygen atoms in total. The fraction of sp³-hybridized carbons (Fsp3) is 0.591. The van der Waals surface area contributed by atoms with Gasteiger partial charge in [-0.2, -0.15) is 22.7 Å². The highest BCUT2D eigenvalue weighted by Gasteiger charge is 2.49. The molecule has 0 N–H and O–H groups in total. The van der Waals surface area contributed by atoms with Crippen LogP contribution in [-0.2, 0) is 21.0 Å². The number of carbonyl (C=O) groups is 1. The maximum Gasteiger partial charge on any atom is 0.417 e. The average molecular weight is 532 g/mol. The van der Waals surface area contributed by atoms with Crippen LogP contribution in [0.15, 0.2) is 18.2 Å². The number of amides is 1. The van der Waals surface area contributed by atoms with Crippen LogP contribution < -0.4 is 4.90 Å². The van der Waals surface area contributed by atoms with Gasteiger partial charge >= 0.3 is 6.18 Å². The maximum atomic E-state index is 13.4. The number of hydrogen-bond donors (Lipinski definition) is 0. The van der Waals surface area contributed by atoms with Gasteiger partial charge in [0.1, 0.15) is 5.54 Å². The lowest BCUT2D eigenvalue weighted by Gasteiger charge is -2.35. The summed E-state index contributed by atoms with van der Waals surface area (Å²) in [7, 11) is -3.21. The van der Waals surface area contributed by atoms with Crippen LogP contribution in [0.1, 0.15) is 38.3 Å². The number of benzene rings is 1. The van der Waals surface area contributed by atoms with Gasteiger partial charge in [0.2, 0.25) is 10.0 Å². The van der Waals surface area contributed by atoms with Crippen LogP contribution in [-0.4, -0.2) is 84.1 Å². The Kier molecular flexibility index (Phi) is 7.81. The highest BCUT2D eigenvalue weighted by atomic mass is 32.2. The Labute approximate surface area is 208 Å². The standard InChI is InChI=1S/C22H28F3N5O3S2/c1-4-35(32,33)28-12-10-27(11-13-28)8-5-9-29-20(34)30(19(31)21(29,2)3)17-7-6-16(15-26)18(14-17)22(23,24)25/h6-7,14H,4-5,8-13H2,1-3H3. The van der Waals surface area contributed by atoms with Gasteiger partial charge in [-0.15, -0.1) is 0 Å². The predicted octanol–water partition coefficient (Wildman–Crippen LogP) is 2.65. The minimum absolute atomic E-state index is 0.0323. The summed E-state index contributed by atoms with van der Waals surface area (Å²) in [6.45, 7) is 8.09. The fourth-order valence-corrected chi connectivity index (χ4v) is 5.90. The molecule has 2 aliphatic rings. The molecule has 1 amide bonds. The van der Waals surface area contributed by atoms with Crippen molar-refractivity contribution in [2.45, 2.75) is 38.9 Å². The quantitative estimate of drug-likeness (QED) is 0.500. The van der Waals surface area contributed by atoms with Crippen molar-refractivity contribution in [3.8, 4) is 6.07 Å². The summed E-state index contributed by atoms with van der Waals surface area (Å²) in [4.78, 5) is 18.1. The normalized spacial score (nSPS) is 19.9. The van der Waals surface area contributed by atoms with Crippen molar-refractivity contribution in [2.75, 3.05) is 49.9 Å². The molecule has 2 fully saturated rings. The molecule has 3 rings (SSSR count). The van der Waals surface area contributed by atoms with Crippen LogP contribution in [0.2, 0.25) is 0 Å². The molecule has 2 heterocycles. The molecule has 1 aromatic carbocycles. The van der Waals surface area contributed by atoms with Crippen molar-refractivity contribution in [3.63, 3.8) is 0 Å². The third-order valence-electron chi connectivity index (χ3n) is 6.46. The smallest absolute Gasteiger partial charge is 0.334 e. The van der Waals surface area contributed by atoms with Gasteiger partial charge in [-0.05, 0) is 64.2 Å². The highest BCUT2D eigenvalue weighted by Crippen LogP contribution is 2.37. The summed E-state index contributed by atoms with van der Waals surface area (Å²) >= 11 is 5.51. The number of rotatable bonds is 7. The number of thiocarbonyl (C=S) groups is 1. The van der Waals surface area contributed by atoms with Gasteiger partial charge in [0.05, 0.1) is 28.6 Å². The van der Waals surface area contributed by atoms with E-state index in [4.69, 9.17) is 17.5 Å². The Morgan fingerprint density at radius 3 is 2.31 bits per heavy atom. The van der Waals surface area contributed by atoms with E-state index in [9.17, 15) is 26.4 Å². The van der Waals surface area contributed by atoms with Crippen molar-refractivity contribution in [1.29, 1.82) is 5.26 Å². The number of alkyl halides is 3. The third kappa shape index (κ3) is 5.45. The predicted molar refractivity (Wildman–Crippen MR) is 129 cm³/mol. The van der Waals surface area contributed by atoms with Crippen LogP contribution in [0.3, 0.4) is 0 Å². The van der Waals surface area contributed by atoms with Gasteiger partial charge in [-0.1, -0.05) is 0 Å². The van der Waals surface area contributed by atoms with Gasteiger partial charge in [0.25, 0.3) is 5.91 Å². The largest absolute Gasteiger partial charge is 0.417 e. The first-order valence-electron chi connectivity index (χ1n) is 11.2. The van der Waals surface area contributed by atoms with Gasteiger partial charge in [-0.3, -0.25) is 9.69 Å². The summed E-state index contributed by atoms with van der Waals surface area (Å²) < 4.78 is 65.8. The summed E-state index contributed by atoms with van der Waals surface area (Å²) in [5, 5.41) is 9.15. The van der Waals surface area contributed by atoms with Crippen LogP contribution in [0.25, 0.3) is 0 Å². The van der Waals surface area contributed by atoms with Crippen molar-refractivity contribution >= 4 is 38.9 Å². The van der Waals surface area contributed by atoms with Crippen molar-refractivity contribution < 1.29 is 26.4 Å². The molecule has 0 spiro atoms. The topological polar surface area (TPSA) is 88.0 Å². The van der Waals surface area contributed by atoms with Gasteiger partial charge in [-0.25, -0.2) is 8.42 Å². The Bertz CT molecular complexity index is 1140. The number of halogens is 3. The summed E-state index contributed by atoms with van der Waals surface area (Å²) in [6, 6.07) is 4.65. The van der Waals surface area contributed by atoms with Crippen LogP contribution >= 0.6 is 12.2 Å². The molecule has 2 saturated heterocycles. The molecule has 13 heteroatoms. The van der Waals surface area contributed by atoms with E-state index in [1.54, 1.807) is 25.7 Å².